The van der Waals surface area contributed by atoms with Crippen LogP contribution in [-0.2, 0) is 6.54 Å². The van der Waals surface area contributed by atoms with Gasteiger partial charge in [0.25, 0.3) is 0 Å². The van der Waals surface area contributed by atoms with Crippen LogP contribution in [0.25, 0.3) is 0 Å². The van der Waals surface area contributed by atoms with Gasteiger partial charge in [0.15, 0.2) is 0 Å². The van der Waals surface area contributed by atoms with Crippen molar-refractivity contribution in [3.8, 4) is 0 Å². The maximum Gasteiger partial charge on any atom is 0.0233 e. The van der Waals surface area contributed by atoms with E-state index in [0.717, 1.165) is 19.1 Å². The molecule has 0 heterocycles. The van der Waals surface area contributed by atoms with Gasteiger partial charge >= 0.3 is 0 Å². The van der Waals surface area contributed by atoms with E-state index in [1.54, 1.807) is 0 Å². The van der Waals surface area contributed by atoms with Crippen LogP contribution in [0.4, 0.5) is 0 Å². The molecular formula is C18H30N2. The fourth-order valence-electron chi connectivity index (χ4n) is 2.60. The molecule has 0 spiro atoms. The molecule has 1 aliphatic carbocycles. The molecule has 2 nitrogen and oxygen atoms in total. The molecule has 0 saturated heterocycles. The lowest BCUT2D eigenvalue weighted by atomic mass is 10.1. The van der Waals surface area contributed by atoms with Crippen LogP contribution in [-0.4, -0.2) is 30.6 Å². The highest BCUT2D eigenvalue weighted by Crippen LogP contribution is 2.18. The van der Waals surface area contributed by atoms with Crippen molar-refractivity contribution >= 4 is 0 Å². The Labute approximate surface area is 124 Å². The molecule has 1 fully saturated rings. The zero-order valence-electron chi connectivity index (χ0n) is 13.0. The molecule has 0 aromatic heterocycles. The topological polar surface area (TPSA) is 15.3 Å². The van der Waals surface area contributed by atoms with Crippen LogP contribution < -0.4 is 5.32 Å². The van der Waals surface area contributed by atoms with Crippen LogP contribution in [0.15, 0.2) is 30.3 Å². The average molecular weight is 274 g/mol. The summed E-state index contributed by atoms with van der Waals surface area (Å²) in [6.45, 7) is 6.98. The average Bonchev–Trinajstić information content (AvgIpc) is 3.30. The number of benzene rings is 1. The molecule has 0 aliphatic heterocycles. The first-order valence-electron chi connectivity index (χ1n) is 8.38. The third kappa shape index (κ3) is 6.53. The Hall–Kier alpha value is -0.860. The molecule has 0 radical (unpaired) electrons. The molecule has 0 unspecified atom stereocenters. The summed E-state index contributed by atoms with van der Waals surface area (Å²) in [6, 6.07) is 11.7. The Morgan fingerprint density at radius 1 is 1.05 bits per heavy atom. The zero-order chi connectivity index (χ0) is 14.0. The minimum Gasteiger partial charge on any atom is -0.314 e. The molecule has 20 heavy (non-hydrogen) atoms. The van der Waals surface area contributed by atoms with Crippen LogP contribution in [0.2, 0.25) is 0 Å². The molecule has 2 rings (SSSR count). The predicted molar refractivity (Wildman–Crippen MR) is 86.9 cm³/mol. The summed E-state index contributed by atoms with van der Waals surface area (Å²) in [5.41, 5.74) is 1.43. The van der Waals surface area contributed by atoms with E-state index in [2.05, 4.69) is 47.5 Å². The van der Waals surface area contributed by atoms with Gasteiger partial charge < -0.3 is 5.32 Å². The molecule has 1 aromatic rings. The van der Waals surface area contributed by atoms with E-state index in [9.17, 15) is 0 Å². The molecule has 0 atom stereocenters. The number of hydrogen-bond donors (Lipinski definition) is 1. The monoisotopic (exact) mass is 274 g/mol. The quantitative estimate of drug-likeness (QED) is 0.617. The first kappa shape index (κ1) is 15.5. The van der Waals surface area contributed by atoms with Gasteiger partial charge in [0.05, 0.1) is 0 Å². The highest BCUT2D eigenvalue weighted by atomic mass is 15.1. The Morgan fingerprint density at radius 2 is 1.80 bits per heavy atom. The highest BCUT2D eigenvalue weighted by molar-refractivity contribution is 5.14. The van der Waals surface area contributed by atoms with E-state index >= 15 is 0 Å². The number of nitrogens with one attached hydrogen (secondary N) is 1. The minimum atomic E-state index is 0.872. The fraction of sp³-hybridized carbons (Fsp3) is 0.667. The SMILES string of the molecule is CCN(CCCCCCNC1CC1)Cc1ccccc1. The molecular weight excluding hydrogens is 244 g/mol. The summed E-state index contributed by atoms with van der Waals surface area (Å²) in [7, 11) is 0. The van der Waals surface area contributed by atoms with Crippen molar-refractivity contribution in [3.05, 3.63) is 35.9 Å². The molecule has 1 saturated carbocycles. The number of unbranched alkanes of at least 4 members (excludes halogenated alkanes) is 3. The standard InChI is InChI=1S/C18H30N2/c1-2-20(16-17-10-6-5-7-11-17)15-9-4-3-8-14-19-18-12-13-18/h5-7,10-11,18-19H,2-4,8-9,12-16H2,1H3. The Bertz CT molecular complexity index is 346. The second kappa shape index (κ2) is 9.15. The summed E-state index contributed by atoms with van der Waals surface area (Å²) in [5, 5.41) is 3.59. The minimum absolute atomic E-state index is 0.872. The third-order valence-electron chi connectivity index (χ3n) is 4.11. The highest BCUT2D eigenvalue weighted by Gasteiger charge is 2.19. The van der Waals surface area contributed by atoms with Crippen LogP contribution in [0.5, 0.6) is 0 Å². The molecule has 1 aliphatic rings. The third-order valence-corrected chi connectivity index (χ3v) is 4.11. The van der Waals surface area contributed by atoms with E-state index in [4.69, 9.17) is 0 Å². The van der Waals surface area contributed by atoms with Gasteiger partial charge in [-0.25, -0.2) is 0 Å². The smallest absolute Gasteiger partial charge is 0.0233 e. The van der Waals surface area contributed by atoms with Gasteiger partial charge in [0.1, 0.15) is 0 Å². The van der Waals surface area contributed by atoms with Crippen molar-refractivity contribution in [2.24, 2.45) is 0 Å². The van der Waals surface area contributed by atoms with Crippen LogP contribution in [0.1, 0.15) is 51.0 Å². The van der Waals surface area contributed by atoms with Crippen molar-refractivity contribution in [1.29, 1.82) is 0 Å². The first-order chi connectivity index (χ1) is 9.88. The lowest BCUT2D eigenvalue weighted by molar-refractivity contribution is 0.272. The largest absolute Gasteiger partial charge is 0.314 e. The second-order valence-corrected chi connectivity index (χ2v) is 6.00. The number of hydrogen-bond acceptors (Lipinski definition) is 2. The normalized spacial score (nSPS) is 14.9. The lowest BCUT2D eigenvalue weighted by Crippen LogP contribution is -2.24. The predicted octanol–water partition coefficient (Wildman–Crippen LogP) is 3.82. The summed E-state index contributed by atoms with van der Waals surface area (Å²) in [5.74, 6) is 0. The van der Waals surface area contributed by atoms with Gasteiger partial charge in [-0.15, -0.1) is 0 Å². The van der Waals surface area contributed by atoms with Gasteiger partial charge in [0, 0.05) is 12.6 Å². The van der Waals surface area contributed by atoms with Crippen LogP contribution in [0, 0.1) is 0 Å². The Kier molecular flexibility index (Phi) is 7.10. The zero-order valence-corrected chi connectivity index (χ0v) is 13.0. The van der Waals surface area contributed by atoms with Crippen molar-refractivity contribution in [2.45, 2.75) is 58.0 Å². The van der Waals surface area contributed by atoms with Gasteiger partial charge in [-0.3, -0.25) is 4.90 Å². The molecule has 1 N–H and O–H groups in total. The molecule has 112 valence electrons. The first-order valence-corrected chi connectivity index (χ1v) is 8.38. The number of nitrogens with zero attached hydrogens (tertiary/aromatic N) is 1. The summed E-state index contributed by atoms with van der Waals surface area (Å²) in [4.78, 5) is 2.55. The van der Waals surface area contributed by atoms with Crippen molar-refractivity contribution in [1.82, 2.24) is 10.2 Å². The Morgan fingerprint density at radius 3 is 2.50 bits per heavy atom. The van der Waals surface area contributed by atoms with Crippen molar-refractivity contribution in [2.75, 3.05) is 19.6 Å². The van der Waals surface area contributed by atoms with E-state index in [-0.39, 0.29) is 0 Å². The summed E-state index contributed by atoms with van der Waals surface area (Å²) < 4.78 is 0. The van der Waals surface area contributed by atoms with Crippen molar-refractivity contribution in [3.63, 3.8) is 0 Å². The molecule has 0 bridgehead atoms. The summed E-state index contributed by atoms with van der Waals surface area (Å²) >= 11 is 0. The fourth-order valence-corrected chi connectivity index (χ4v) is 2.60. The maximum absolute atomic E-state index is 3.59. The van der Waals surface area contributed by atoms with E-state index < -0.39 is 0 Å². The van der Waals surface area contributed by atoms with Crippen LogP contribution in [0.3, 0.4) is 0 Å². The van der Waals surface area contributed by atoms with Crippen LogP contribution >= 0.6 is 0 Å². The summed E-state index contributed by atoms with van der Waals surface area (Å²) in [6.07, 6.45) is 8.25. The van der Waals surface area contributed by atoms with Gasteiger partial charge in [0.2, 0.25) is 0 Å². The Balaban J connectivity index is 1.49. The van der Waals surface area contributed by atoms with Gasteiger partial charge in [-0.2, -0.15) is 0 Å². The van der Waals surface area contributed by atoms with E-state index in [1.165, 1.54) is 57.2 Å². The van der Waals surface area contributed by atoms with Gasteiger partial charge in [-0.05, 0) is 50.9 Å². The lowest BCUT2D eigenvalue weighted by Gasteiger charge is -2.20. The van der Waals surface area contributed by atoms with Gasteiger partial charge in [-0.1, -0.05) is 50.1 Å². The molecule has 1 aromatic carbocycles. The maximum atomic E-state index is 3.59. The molecule has 2 heteroatoms. The van der Waals surface area contributed by atoms with Crippen molar-refractivity contribution < 1.29 is 0 Å². The number of rotatable bonds is 11. The van der Waals surface area contributed by atoms with E-state index in [1.807, 2.05) is 0 Å². The van der Waals surface area contributed by atoms with E-state index in [0.29, 0.717) is 0 Å². The second-order valence-electron chi connectivity index (χ2n) is 6.00. The molecule has 0 amide bonds.